The maximum atomic E-state index is 9.24. The molecule has 1 aliphatic rings. The van der Waals surface area contributed by atoms with E-state index in [9.17, 15) is 5.11 Å². The van der Waals surface area contributed by atoms with Crippen molar-refractivity contribution in [3.63, 3.8) is 0 Å². The van der Waals surface area contributed by atoms with Crippen LogP contribution in [-0.2, 0) is 13.0 Å². The zero-order chi connectivity index (χ0) is 21.3. The fourth-order valence-electron chi connectivity index (χ4n) is 4.45. The molecule has 1 saturated heterocycles. The van der Waals surface area contributed by atoms with E-state index in [1.54, 1.807) is 0 Å². The molecule has 1 aliphatic heterocycles. The standard InChI is InChI=1S/C26H33N3O/c1-18-13-19(2)24(16-22(18)17-29-10-8-28(4)9-11-29)26-14-20(3)23-15-21(7-12-30)5-6-25(23)27-26/h5-6,13-16,30H,7-12,17H2,1-4H3. The zero-order valence-corrected chi connectivity index (χ0v) is 18.7. The van der Waals surface area contributed by atoms with Crippen molar-refractivity contribution in [2.24, 2.45) is 0 Å². The van der Waals surface area contributed by atoms with Crippen LogP contribution < -0.4 is 0 Å². The van der Waals surface area contributed by atoms with Crippen LogP contribution in [0.5, 0.6) is 0 Å². The molecule has 1 fully saturated rings. The molecule has 0 atom stereocenters. The highest BCUT2D eigenvalue weighted by molar-refractivity contribution is 5.86. The summed E-state index contributed by atoms with van der Waals surface area (Å²) in [5.41, 5.74) is 9.73. The SMILES string of the molecule is Cc1cc(C)c(-c2cc(C)c3cc(CCO)ccc3n2)cc1CN1CCN(C)CC1. The van der Waals surface area contributed by atoms with Gasteiger partial charge in [-0.2, -0.15) is 0 Å². The van der Waals surface area contributed by atoms with Gasteiger partial charge in [0.2, 0.25) is 0 Å². The molecule has 0 spiro atoms. The maximum absolute atomic E-state index is 9.24. The molecule has 0 unspecified atom stereocenters. The summed E-state index contributed by atoms with van der Waals surface area (Å²) >= 11 is 0. The smallest absolute Gasteiger partial charge is 0.0715 e. The molecular formula is C26H33N3O. The van der Waals surface area contributed by atoms with Gasteiger partial charge in [-0.15, -0.1) is 0 Å². The first-order chi connectivity index (χ1) is 14.4. The lowest BCUT2D eigenvalue weighted by Gasteiger charge is -2.32. The first-order valence-corrected chi connectivity index (χ1v) is 11.0. The topological polar surface area (TPSA) is 39.6 Å². The summed E-state index contributed by atoms with van der Waals surface area (Å²) in [6.45, 7) is 12.3. The quantitative estimate of drug-likeness (QED) is 0.696. The molecule has 0 aliphatic carbocycles. The average molecular weight is 404 g/mol. The fraction of sp³-hybridized carbons (Fsp3) is 0.423. The predicted octanol–water partition coefficient (Wildman–Crippen LogP) is 4.11. The van der Waals surface area contributed by atoms with E-state index < -0.39 is 0 Å². The molecule has 0 amide bonds. The van der Waals surface area contributed by atoms with Crippen molar-refractivity contribution >= 4 is 10.9 Å². The van der Waals surface area contributed by atoms with Crippen LogP contribution >= 0.6 is 0 Å². The highest BCUT2D eigenvalue weighted by Gasteiger charge is 2.16. The molecule has 4 rings (SSSR count). The summed E-state index contributed by atoms with van der Waals surface area (Å²) in [6.07, 6.45) is 0.684. The van der Waals surface area contributed by atoms with E-state index in [1.807, 2.05) is 0 Å². The average Bonchev–Trinajstić information content (AvgIpc) is 2.72. The lowest BCUT2D eigenvalue weighted by Crippen LogP contribution is -2.43. The summed E-state index contributed by atoms with van der Waals surface area (Å²) in [4.78, 5) is 9.97. The van der Waals surface area contributed by atoms with Crippen molar-refractivity contribution in [3.8, 4) is 11.3 Å². The van der Waals surface area contributed by atoms with Crippen LogP contribution in [0.4, 0.5) is 0 Å². The van der Waals surface area contributed by atoms with Crippen LogP contribution in [0.1, 0.15) is 27.8 Å². The molecule has 4 nitrogen and oxygen atoms in total. The number of benzene rings is 2. The molecule has 158 valence electrons. The van der Waals surface area contributed by atoms with Crippen molar-refractivity contribution in [1.82, 2.24) is 14.8 Å². The lowest BCUT2D eigenvalue weighted by atomic mass is 9.95. The predicted molar refractivity (Wildman–Crippen MR) is 125 cm³/mol. The minimum Gasteiger partial charge on any atom is -0.396 e. The molecule has 3 aromatic rings. The number of pyridine rings is 1. The van der Waals surface area contributed by atoms with Gasteiger partial charge >= 0.3 is 0 Å². The Bertz CT molecular complexity index is 1050. The normalized spacial score (nSPS) is 15.8. The van der Waals surface area contributed by atoms with Crippen molar-refractivity contribution in [2.75, 3.05) is 39.8 Å². The summed E-state index contributed by atoms with van der Waals surface area (Å²) in [6, 6.07) is 13.2. The number of hydrogen-bond acceptors (Lipinski definition) is 4. The molecule has 30 heavy (non-hydrogen) atoms. The summed E-state index contributed by atoms with van der Waals surface area (Å²) in [7, 11) is 2.20. The van der Waals surface area contributed by atoms with Crippen LogP contribution in [0.3, 0.4) is 0 Å². The minimum atomic E-state index is 0.175. The summed E-state index contributed by atoms with van der Waals surface area (Å²) < 4.78 is 0. The molecule has 2 aromatic carbocycles. The van der Waals surface area contributed by atoms with Crippen LogP contribution in [0.2, 0.25) is 0 Å². The summed E-state index contributed by atoms with van der Waals surface area (Å²) in [5, 5.41) is 10.4. The number of likely N-dealkylation sites (N-methyl/N-ethyl adjacent to an activating group) is 1. The van der Waals surface area contributed by atoms with Crippen LogP contribution in [0, 0.1) is 20.8 Å². The number of aryl methyl sites for hydroxylation is 3. The van der Waals surface area contributed by atoms with Crippen molar-refractivity contribution in [2.45, 2.75) is 33.7 Å². The molecule has 1 aromatic heterocycles. The number of aliphatic hydroxyl groups excluding tert-OH is 1. The van der Waals surface area contributed by atoms with Gasteiger partial charge in [0, 0.05) is 50.3 Å². The van der Waals surface area contributed by atoms with E-state index in [-0.39, 0.29) is 6.61 Å². The van der Waals surface area contributed by atoms with E-state index in [0.717, 1.165) is 49.5 Å². The number of hydrogen-bond donors (Lipinski definition) is 1. The Kier molecular flexibility index (Phi) is 6.19. The maximum Gasteiger partial charge on any atom is 0.0715 e. The van der Waals surface area contributed by atoms with Gasteiger partial charge in [0.1, 0.15) is 0 Å². The monoisotopic (exact) mass is 403 g/mol. The van der Waals surface area contributed by atoms with Gasteiger partial charge in [-0.3, -0.25) is 4.90 Å². The Morgan fingerprint density at radius 2 is 1.67 bits per heavy atom. The van der Waals surface area contributed by atoms with Crippen molar-refractivity contribution in [3.05, 3.63) is 64.2 Å². The van der Waals surface area contributed by atoms with E-state index in [4.69, 9.17) is 4.98 Å². The molecular weight excluding hydrogens is 370 g/mol. The fourth-order valence-corrected chi connectivity index (χ4v) is 4.45. The second kappa shape index (κ2) is 8.84. The first kappa shape index (κ1) is 21.0. The van der Waals surface area contributed by atoms with E-state index >= 15 is 0 Å². The molecule has 2 heterocycles. The third kappa shape index (κ3) is 4.41. The molecule has 4 heteroatoms. The van der Waals surface area contributed by atoms with Gasteiger partial charge in [-0.25, -0.2) is 4.98 Å². The molecule has 0 bridgehead atoms. The Balaban J connectivity index is 1.69. The number of nitrogens with zero attached hydrogens (tertiary/aromatic N) is 3. The number of piperazine rings is 1. The van der Waals surface area contributed by atoms with Gasteiger partial charge in [-0.1, -0.05) is 12.1 Å². The lowest BCUT2D eigenvalue weighted by molar-refractivity contribution is 0.148. The van der Waals surface area contributed by atoms with E-state index in [1.165, 1.54) is 33.2 Å². The Morgan fingerprint density at radius 1 is 0.900 bits per heavy atom. The van der Waals surface area contributed by atoms with Crippen LogP contribution in [0.15, 0.2) is 36.4 Å². The van der Waals surface area contributed by atoms with Gasteiger partial charge in [0.15, 0.2) is 0 Å². The first-order valence-electron chi connectivity index (χ1n) is 11.0. The molecule has 0 saturated carbocycles. The van der Waals surface area contributed by atoms with E-state index in [0.29, 0.717) is 6.42 Å². The highest BCUT2D eigenvalue weighted by Crippen LogP contribution is 2.30. The number of aliphatic hydroxyl groups is 1. The Labute approximate surface area is 180 Å². The Hall–Kier alpha value is -2.27. The van der Waals surface area contributed by atoms with Crippen LogP contribution in [-0.4, -0.2) is 59.7 Å². The largest absolute Gasteiger partial charge is 0.396 e. The minimum absolute atomic E-state index is 0.175. The highest BCUT2D eigenvalue weighted by atomic mass is 16.2. The van der Waals surface area contributed by atoms with Crippen molar-refractivity contribution < 1.29 is 5.11 Å². The zero-order valence-electron chi connectivity index (χ0n) is 18.7. The van der Waals surface area contributed by atoms with Gasteiger partial charge in [0.05, 0.1) is 11.2 Å². The number of rotatable bonds is 5. The third-order valence-corrected chi connectivity index (χ3v) is 6.43. The second-order valence-electron chi connectivity index (χ2n) is 8.82. The number of aromatic nitrogens is 1. The Morgan fingerprint density at radius 3 is 2.40 bits per heavy atom. The third-order valence-electron chi connectivity index (χ3n) is 6.43. The molecule has 1 N–H and O–H groups in total. The second-order valence-corrected chi connectivity index (χ2v) is 8.82. The number of fused-ring (bicyclic) bond motifs is 1. The van der Waals surface area contributed by atoms with Crippen LogP contribution in [0.25, 0.3) is 22.2 Å². The van der Waals surface area contributed by atoms with Crippen molar-refractivity contribution in [1.29, 1.82) is 0 Å². The summed E-state index contributed by atoms with van der Waals surface area (Å²) in [5.74, 6) is 0. The van der Waals surface area contributed by atoms with Gasteiger partial charge in [-0.05, 0) is 86.3 Å². The van der Waals surface area contributed by atoms with E-state index in [2.05, 4.69) is 74.0 Å². The van der Waals surface area contributed by atoms with Gasteiger partial charge in [0.25, 0.3) is 0 Å². The molecule has 0 radical (unpaired) electrons. The van der Waals surface area contributed by atoms with Gasteiger partial charge < -0.3 is 10.0 Å².